The van der Waals surface area contributed by atoms with Crippen molar-refractivity contribution in [2.75, 3.05) is 6.54 Å². The second kappa shape index (κ2) is 8.96. The summed E-state index contributed by atoms with van der Waals surface area (Å²) in [6, 6.07) is 16.0. The van der Waals surface area contributed by atoms with E-state index in [0.29, 0.717) is 0 Å². The molecule has 140 valence electrons. The SMILES string of the molecule is CC[C@H](C)NC(=O)CN(Cc1ccccc1)S(=O)(=O)c1ccc(C)cc1. The van der Waals surface area contributed by atoms with Gasteiger partial charge in [0, 0.05) is 12.6 Å². The van der Waals surface area contributed by atoms with E-state index < -0.39 is 10.0 Å². The fourth-order valence-corrected chi connectivity index (χ4v) is 3.84. The van der Waals surface area contributed by atoms with Gasteiger partial charge < -0.3 is 5.32 Å². The molecule has 0 aromatic heterocycles. The van der Waals surface area contributed by atoms with Gasteiger partial charge >= 0.3 is 0 Å². The molecule has 0 aliphatic carbocycles. The van der Waals surface area contributed by atoms with Gasteiger partial charge in [-0.25, -0.2) is 8.42 Å². The van der Waals surface area contributed by atoms with E-state index in [2.05, 4.69) is 5.32 Å². The fraction of sp³-hybridized carbons (Fsp3) is 0.350. The molecule has 1 N–H and O–H groups in total. The van der Waals surface area contributed by atoms with Crippen LogP contribution in [-0.2, 0) is 21.4 Å². The van der Waals surface area contributed by atoms with Crippen LogP contribution in [0, 0.1) is 6.92 Å². The first kappa shape index (κ1) is 20.1. The molecule has 2 aromatic carbocycles. The Balaban J connectivity index is 2.29. The maximum Gasteiger partial charge on any atom is 0.243 e. The normalized spacial score (nSPS) is 12.8. The van der Waals surface area contributed by atoms with Gasteiger partial charge in [-0.05, 0) is 38.0 Å². The molecule has 0 aliphatic rings. The third-order valence-electron chi connectivity index (χ3n) is 4.20. The minimum Gasteiger partial charge on any atom is -0.353 e. The number of nitrogens with one attached hydrogen (secondary N) is 1. The lowest BCUT2D eigenvalue weighted by Gasteiger charge is -2.23. The van der Waals surface area contributed by atoms with E-state index in [1.54, 1.807) is 24.3 Å². The molecule has 0 heterocycles. The molecule has 0 spiro atoms. The van der Waals surface area contributed by atoms with E-state index in [1.165, 1.54) is 4.31 Å². The van der Waals surface area contributed by atoms with Crippen molar-refractivity contribution in [3.63, 3.8) is 0 Å². The van der Waals surface area contributed by atoms with Crippen LogP contribution in [0.4, 0.5) is 0 Å². The first-order chi connectivity index (χ1) is 12.3. The quantitative estimate of drug-likeness (QED) is 0.772. The number of nitrogens with zero attached hydrogens (tertiary/aromatic N) is 1. The molecule has 0 bridgehead atoms. The van der Waals surface area contributed by atoms with Crippen LogP contribution < -0.4 is 5.32 Å². The topological polar surface area (TPSA) is 66.5 Å². The van der Waals surface area contributed by atoms with Crippen LogP contribution in [-0.4, -0.2) is 31.2 Å². The summed E-state index contributed by atoms with van der Waals surface area (Å²) in [4.78, 5) is 12.5. The predicted molar refractivity (Wildman–Crippen MR) is 103 cm³/mol. The van der Waals surface area contributed by atoms with Gasteiger partial charge in [0.2, 0.25) is 15.9 Å². The standard InChI is InChI=1S/C20H26N2O3S/c1-4-17(3)21-20(23)15-22(14-18-8-6-5-7-9-18)26(24,25)19-12-10-16(2)11-13-19/h5-13,17H,4,14-15H2,1-3H3,(H,21,23)/t17-/m0/s1. The Morgan fingerprint density at radius 2 is 1.69 bits per heavy atom. The van der Waals surface area contributed by atoms with Crippen molar-refractivity contribution < 1.29 is 13.2 Å². The number of benzene rings is 2. The van der Waals surface area contributed by atoms with E-state index in [0.717, 1.165) is 17.5 Å². The van der Waals surface area contributed by atoms with Crippen molar-refractivity contribution in [1.29, 1.82) is 0 Å². The van der Waals surface area contributed by atoms with Crippen LogP contribution in [0.25, 0.3) is 0 Å². The average Bonchev–Trinajstić information content (AvgIpc) is 2.62. The van der Waals surface area contributed by atoms with Crippen LogP contribution in [0.15, 0.2) is 59.5 Å². The highest BCUT2D eigenvalue weighted by molar-refractivity contribution is 7.89. The van der Waals surface area contributed by atoms with Crippen LogP contribution >= 0.6 is 0 Å². The summed E-state index contributed by atoms with van der Waals surface area (Å²) in [6.45, 7) is 5.70. The molecule has 0 saturated carbocycles. The summed E-state index contributed by atoms with van der Waals surface area (Å²) in [5, 5.41) is 2.83. The second-order valence-corrected chi connectivity index (χ2v) is 8.39. The molecule has 0 saturated heterocycles. The number of aryl methyl sites for hydroxylation is 1. The average molecular weight is 375 g/mol. The Labute approximate surface area is 156 Å². The molecule has 0 fully saturated rings. The van der Waals surface area contributed by atoms with Gasteiger partial charge in [-0.15, -0.1) is 0 Å². The first-order valence-electron chi connectivity index (χ1n) is 8.73. The number of carbonyl (C=O) groups is 1. The molecule has 1 atom stereocenters. The Hall–Kier alpha value is -2.18. The molecule has 0 aliphatic heterocycles. The Bertz CT molecular complexity index is 818. The summed E-state index contributed by atoms with van der Waals surface area (Å²) >= 11 is 0. The monoisotopic (exact) mass is 374 g/mol. The van der Waals surface area contributed by atoms with Gasteiger partial charge in [-0.1, -0.05) is 55.0 Å². The van der Waals surface area contributed by atoms with Gasteiger partial charge in [-0.2, -0.15) is 4.31 Å². The molecule has 0 unspecified atom stereocenters. The first-order valence-corrected chi connectivity index (χ1v) is 10.2. The van der Waals surface area contributed by atoms with Crippen molar-refractivity contribution in [1.82, 2.24) is 9.62 Å². The number of hydrogen-bond acceptors (Lipinski definition) is 3. The third-order valence-corrected chi connectivity index (χ3v) is 6.01. The van der Waals surface area contributed by atoms with Gasteiger partial charge in [0.05, 0.1) is 11.4 Å². The van der Waals surface area contributed by atoms with E-state index in [-0.39, 0.29) is 29.9 Å². The van der Waals surface area contributed by atoms with Crippen molar-refractivity contribution in [2.45, 2.75) is 44.7 Å². The third kappa shape index (κ3) is 5.41. The smallest absolute Gasteiger partial charge is 0.243 e. The number of rotatable bonds is 8. The minimum absolute atomic E-state index is 0.00292. The Kier molecular flexibility index (Phi) is 6.94. The van der Waals surface area contributed by atoms with Crippen LogP contribution in [0.2, 0.25) is 0 Å². The highest BCUT2D eigenvalue weighted by Crippen LogP contribution is 2.19. The lowest BCUT2D eigenvalue weighted by atomic mass is 10.2. The van der Waals surface area contributed by atoms with Crippen molar-refractivity contribution in [3.8, 4) is 0 Å². The summed E-state index contributed by atoms with van der Waals surface area (Å²) in [6.07, 6.45) is 0.787. The summed E-state index contributed by atoms with van der Waals surface area (Å²) < 4.78 is 27.4. The van der Waals surface area contributed by atoms with Crippen LogP contribution in [0.5, 0.6) is 0 Å². The summed E-state index contributed by atoms with van der Waals surface area (Å²) in [5.41, 5.74) is 1.81. The Morgan fingerprint density at radius 3 is 2.27 bits per heavy atom. The molecule has 0 radical (unpaired) electrons. The highest BCUT2D eigenvalue weighted by atomic mass is 32.2. The zero-order chi connectivity index (χ0) is 19.2. The van der Waals surface area contributed by atoms with Gasteiger partial charge in [0.1, 0.15) is 0 Å². The molecular formula is C20H26N2O3S. The van der Waals surface area contributed by atoms with E-state index >= 15 is 0 Å². The molecule has 2 aromatic rings. The Morgan fingerprint density at radius 1 is 1.08 bits per heavy atom. The van der Waals surface area contributed by atoms with E-state index in [4.69, 9.17) is 0 Å². The van der Waals surface area contributed by atoms with Gasteiger partial charge in [-0.3, -0.25) is 4.79 Å². The van der Waals surface area contributed by atoms with Crippen LogP contribution in [0.3, 0.4) is 0 Å². The largest absolute Gasteiger partial charge is 0.353 e. The lowest BCUT2D eigenvalue weighted by Crippen LogP contribution is -2.43. The molecule has 1 amide bonds. The van der Waals surface area contributed by atoms with Crippen LogP contribution in [0.1, 0.15) is 31.4 Å². The summed E-state index contributed by atoms with van der Waals surface area (Å²) in [5.74, 6) is -0.300. The zero-order valence-electron chi connectivity index (χ0n) is 15.5. The van der Waals surface area contributed by atoms with Crippen molar-refractivity contribution >= 4 is 15.9 Å². The van der Waals surface area contributed by atoms with Crippen molar-refractivity contribution in [3.05, 3.63) is 65.7 Å². The summed E-state index contributed by atoms with van der Waals surface area (Å²) in [7, 11) is -3.78. The van der Waals surface area contributed by atoms with Gasteiger partial charge in [0.15, 0.2) is 0 Å². The molecular weight excluding hydrogens is 348 g/mol. The highest BCUT2D eigenvalue weighted by Gasteiger charge is 2.27. The maximum atomic E-state index is 13.1. The molecule has 6 heteroatoms. The molecule has 5 nitrogen and oxygen atoms in total. The van der Waals surface area contributed by atoms with Crippen molar-refractivity contribution in [2.24, 2.45) is 0 Å². The van der Waals surface area contributed by atoms with E-state index in [1.807, 2.05) is 51.1 Å². The number of sulfonamides is 1. The number of carbonyl (C=O) groups excluding carboxylic acids is 1. The fourth-order valence-electron chi connectivity index (χ4n) is 2.45. The number of hydrogen-bond donors (Lipinski definition) is 1. The maximum absolute atomic E-state index is 13.1. The molecule has 26 heavy (non-hydrogen) atoms. The zero-order valence-corrected chi connectivity index (χ0v) is 16.3. The number of amides is 1. The lowest BCUT2D eigenvalue weighted by molar-refractivity contribution is -0.122. The van der Waals surface area contributed by atoms with E-state index in [9.17, 15) is 13.2 Å². The minimum atomic E-state index is -3.78. The second-order valence-electron chi connectivity index (χ2n) is 6.45. The molecule has 2 rings (SSSR count). The van der Waals surface area contributed by atoms with Gasteiger partial charge in [0.25, 0.3) is 0 Å². The predicted octanol–water partition coefficient (Wildman–Crippen LogP) is 3.10.